The van der Waals surface area contributed by atoms with Crippen LogP contribution in [0, 0.1) is 17.1 Å². The molecule has 0 heterocycles. The average molecular weight is 260 g/mol. The molecule has 0 saturated heterocycles. The molecule has 0 aromatic heterocycles. The molecule has 0 aliphatic rings. The molecule has 0 amide bonds. The van der Waals surface area contributed by atoms with E-state index in [1.807, 2.05) is 13.0 Å². The lowest BCUT2D eigenvalue weighted by atomic mass is 10.3. The van der Waals surface area contributed by atoms with Gasteiger partial charge in [-0.3, -0.25) is 4.21 Å². The minimum atomic E-state index is -1.31. The molecule has 0 radical (unpaired) electrons. The molecule has 1 aromatic rings. The molecule has 0 spiro atoms. The van der Waals surface area contributed by atoms with Crippen molar-refractivity contribution in [3.05, 3.63) is 29.0 Å². The van der Waals surface area contributed by atoms with Crippen LogP contribution in [-0.4, -0.2) is 9.46 Å². The van der Waals surface area contributed by atoms with E-state index in [0.717, 1.165) is 0 Å². The minimum Gasteiger partial charge on any atom is -0.254 e. The zero-order valence-electron chi connectivity index (χ0n) is 8.74. The Bertz CT molecular complexity index is 444. The van der Waals surface area contributed by atoms with Gasteiger partial charge in [0.05, 0.1) is 27.1 Å². The summed E-state index contributed by atoms with van der Waals surface area (Å²) < 4.78 is 24.9. The van der Waals surface area contributed by atoms with Gasteiger partial charge in [0.15, 0.2) is 0 Å². The Hall–Kier alpha value is -0.920. The van der Waals surface area contributed by atoms with Crippen molar-refractivity contribution in [2.24, 2.45) is 0 Å². The van der Waals surface area contributed by atoms with Crippen molar-refractivity contribution < 1.29 is 8.60 Å². The van der Waals surface area contributed by atoms with Crippen molar-refractivity contribution in [3.63, 3.8) is 0 Å². The smallest absolute Gasteiger partial charge is 0.141 e. The summed E-state index contributed by atoms with van der Waals surface area (Å²) in [5.41, 5.74) is 0. The number of nitrogens with zero attached hydrogens (tertiary/aromatic N) is 1. The summed E-state index contributed by atoms with van der Waals surface area (Å²) in [7, 11) is -1.31. The van der Waals surface area contributed by atoms with Crippen LogP contribution in [0.5, 0.6) is 0 Å². The van der Waals surface area contributed by atoms with E-state index in [4.69, 9.17) is 16.9 Å². The van der Waals surface area contributed by atoms with Crippen molar-refractivity contribution in [2.45, 2.75) is 29.9 Å². The molecular weight excluding hydrogens is 249 g/mol. The van der Waals surface area contributed by atoms with E-state index >= 15 is 0 Å². The van der Waals surface area contributed by atoms with Crippen molar-refractivity contribution in [1.82, 2.24) is 0 Å². The molecule has 0 bridgehead atoms. The normalized spacial score (nSPS) is 14.1. The summed E-state index contributed by atoms with van der Waals surface area (Å²) in [6, 6.07) is 5.98. The van der Waals surface area contributed by atoms with Crippen LogP contribution in [0.3, 0.4) is 0 Å². The molecule has 2 atom stereocenters. The Morgan fingerprint density at radius 3 is 2.81 bits per heavy atom. The van der Waals surface area contributed by atoms with Crippen molar-refractivity contribution >= 4 is 22.4 Å². The molecule has 2 unspecified atom stereocenters. The summed E-state index contributed by atoms with van der Waals surface area (Å²) in [5.74, 6) is -0.532. The zero-order valence-corrected chi connectivity index (χ0v) is 10.3. The first-order valence-electron chi connectivity index (χ1n) is 4.82. The van der Waals surface area contributed by atoms with Gasteiger partial charge in [0.1, 0.15) is 5.82 Å². The molecular formula is C11H11ClFNOS. The van der Waals surface area contributed by atoms with Crippen LogP contribution in [0.2, 0.25) is 5.02 Å². The third-order valence-electron chi connectivity index (χ3n) is 2.20. The van der Waals surface area contributed by atoms with Crippen LogP contribution in [0.1, 0.15) is 19.8 Å². The van der Waals surface area contributed by atoms with Crippen LogP contribution >= 0.6 is 11.6 Å². The van der Waals surface area contributed by atoms with Crippen molar-refractivity contribution in [1.29, 1.82) is 5.26 Å². The molecule has 5 heteroatoms. The molecule has 0 fully saturated rings. The molecule has 0 saturated carbocycles. The molecule has 0 aliphatic heterocycles. The Morgan fingerprint density at radius 2 is 2.31 bits per heavy atom. The van der Waals surface area contributed by atoms with Crippen LogP contribution in [0.25, 0.3) is 0 Å². The highest BCUT2D eigenvalue weighted by atomic mass is 35.5. The average Bonchev–Trinajstić information content (AvgIpc) is 2.28. The second kappa shape index (κ2) is 5.97. The van der Waals surface area contributed by atoms with Gasteiger partial charge >= 0.3 is 0 Å². The van der Waals surface area contributed by atoms with Gasteiger partial charge in [0.25, 0.3) is 0 Å². The predicted molar refractivity (Wildman–Crippen MR) is 62.1 cm³/mol. The third kappa shape index (κ3) is 3.03. The fraction of sp³-hybridized carbons (Fsp3) is 0.364. The zero-order chi connectivity index (χ0) is 12.1. The Labute approximate surface area is 101 Å². The second-order valence-corrected chi connectivity index (χ2v) is 5.41. The van der Waals surface area contributed by atoms with Gasteiger partial charge in [-0.15, -0.1) is 0 Å². The lowest BCUT2D eigenvalue weighted by Crippen LogP contribution is -2.13. The quantitative estimate of drug-likeness (QED) is 0.833. The van der Waals surface area contributed by atoms with E-state index < -0.39 is 16.6 Å². The van der Waals surface area contributed by atoms with Crippen molar-refractivity contribution in [3.8, 4) is 6.07 Å². The summed E-state index contributed by atoms with van der Waals surface area (Å²) in [6.07, 6.45) is 0.854. The van der Waals surface area contributed by atoms with Gasteiger partial charge in [-0.2, -0.15) is 5.26 Å². The lowest BCUT2D eigenvalue weighted by Gasteiger charge is -2.11. The SMILES string of the molecule is CCC(CC#N)S(=O)c1ccc(F)c(Cl)c1. The van der Waals surface area contributed by atoms with Gasteiger partial charge in [-0.1, -0.05) is 18.5 Å². The second-order valence-electron chi connectivity index (χ2n) is 3.27. The fourth-order valence-electron chi connectivity index (χ4n) is 1.27. The molecule has 1 rings (SSSR count). The number of nitriles is 1. The first-order valence-corrected chi connectivity index (χ1v) is 6.41. The van der Waals surface area contributed by atoms with E-state index in [0.29, 0.717) is 11.3 Å². The monoisotopic (exact) mass is 259 g/mol. The highest BCUT2D eigenvalue weighted by Gasteiger charge is 2.17. The Kier molecular flexibility index (Phi) is 4.91. The summed E-state index contributed by atoms with van der Waals surface area (Å²) in [5, 5.41) is 8.32. The summed E-state index contributed by atoms with van der Waals surface area (Å²) in [4.78, 5) is 0.466. The molecule has 0 aliphatic carbocycles. The fourth-order valence-corrected chi connectivity index (χ4v) is 2.86. The molecule has 2 nitrogen and oxygen atoms in total. The number of hydrogen-bond donors (Lipinski definition) is 0. The largest absolute Gasteiger partial charge is 0.254 e. The van der Waals surface area contributed by atoms with Gasteiger partial charge < -0.3 is 0 Å². The number of benzene rings is 1. The Balaban J connectivity index is 2.95. The number of hydrogen-bond acceptors (Lipinski definition) is 2. The molecule has 0 N–H and O–H groups in total. The lowest BCUT2D eigenvalue weighted by molar-refractivity contribution is 0.626. The number of rotatable bonds is 4. The van der Waals surface area contributed by atoms with Crippen LogP contribution < -0.4 is 0 Å². The van der Waals surface area contributed by atoms with Crippen LogP contribution in [0.15, 0.2) is 23.1 Å². The van der Waals surface area contributed by atoms with Gasteiger partial charge in [0, 0.05) is 11.3 Å². The topological polar surface area (TPSA) is 40.9 Å². The van der Waals surface area contributed by atoms with Crippen molar-refractivity contribution in [2.75, 3.05) is 0 Å². The summed E-state index contributed by atoms with van der Waals surface area (Å²) in [6.45, 7) is 1.87. The van der Waals surface area contributed by atoms with E-state index in [1.54, 1.807) is 0 Å². The van der Waals surface area contributed by atoms with E-state index in [2.05, 4.69) is 0 Å². The molecule has 1 aromatic carbocycles. The molecule has 86 valence electrons. The van der Waals surface area contributed by atoms with Gasteiger partial charge in [0.2, 0.25) is 0 Å². The van der Waals surface area contributed by atoms with E-state index in [-0.39, 0.29) is 16.7 Å². The van der Waals surface area contributed by atoms with E-state index in [9.17, 15) is 8.60 Å². The maximum atomic E-state index is 12.9. The molecule has 16 heavy (non-hydrogen) atoms. The summed E-state index contributed by atoms with van der Waals surface area (Å²) >= 11 is 5.61. The van der Waals surface area contributed by atoms with E-state index in [1.165, 1.54) is 18.2 Å². The first-order chi connectivity index (χ1) is 7.60. The predicted octanol–water partition coefficient (Wildman–Crippen LogP) is 3.28. The highest BCUT2D eigenvalue weighted by molar-refractivity contribution is 7.85. The van der Waals surface area contributed by atoms with Gasteiger partial charge in [-0.05, 0) is 24.6 Å². The van der Waals surface area contributed by atoms with Crippen LogP contribution in [0.4, 0.5) is 4.39 Å². The van der Waals surface area contributed by atoms with Gasteiger partial charge in [-0.25, -0.2) is 4.39 Å². The highest BCUT2D eigenvalue weighted by Crippen LogP contribution is 2.22. The third-order valence-corrected chi connectivity index (χ3v) is 4.31. The maximum absolute atomic E-state index is 12.9. The Morgan fingerprint density at radius 1 is 1.62 bits per heavy atom. The standard InChI is InChI=1S/C11H11ClFNOS/c1-2-8(5-6-14)16(15)9-3-4-11(13)10(12)7-9/h3-4,7-8H,2,5H2,1H3. The maximum Gasteiger partial charge on any atom is 0.141 e. The van der Waals surface area contributed by atoms with Crippen LogP contribution in [-0.2, 0) is 10.8 Å². The minimum absolute atomic E-state index is 0.0438. The number of halogens is 2. The first kappa shape index (κ1) is 13.1.